The second kappa shape index (κ2) is 6.51. The van der Waals surface area contributed by atoms with Crippen molar-refractivity contribution < 1.29 is 9.32 Å². The van der Waals surface area contributed by atoms with E-state index in [2.05, 4.69) is 27.6 Å². The summed E-state index contributed by atoms with van der Waals surface area (Å²) in [6.07, 6.45) is 0.899. The predicted molar refractivity (Wildman–Crippen MR) is 93.6 cm³/mol. The highest BCUT2D eigenvalue weighted by Gasteiger charge is 2.43. The van der Waals surface area contributed by atoms with Crippen LogP contribution in [0.2, 0.25) is 0 Å². The van der Waals surface area contributed by atoms with E-state index >= 15 is 0 Å². The highest BCUT2D eigenvalue weighted by atomic mass is 16.5. The van der Waals surface area contributed by atoms with Crippen LogP contribution in [-0.4, -0.2) is 16.0 Å². The molecule has 1 N–H and O–H groups in total. The molecular formula is C20H19N3O2. The molecule has 1 saturated carbocycles. The molecule has 0 bridgehead atoms. The van der Waals surface area contributed by atoms with E-state index in [1.54, 1.807) is 0 Å². The molecule has 126 valence electrons. The van der Waals surface area contributed by atoms with E-state index in [0.717, 1.165) is 17.5 Å². The summed E-state index contributed by atoms with van der Waals surface area (Å²) >= 11 is 0. The molecule has 2 atom stereocenters. The Bertz CT molecular complexity index is 889. The first-order valence-corrected chi connectivity index (χ1v) is 8.43. The molecule has 0 spiro atoms. The number of carbonyl (C=O) groups excluding carboxylic acids is 1. The minimum atomic E-state index is 0.0468. The molecule has 0 saturated heterocycles. The third kappa shape index (κ3) is 3.45. The summed E-state index contributed by atoms with van der Waals surface area (Å²) in [5.74, 6) is 1.39. The Labute approximate surface area is 146 Å². The average Bonchev–Trinajstić information content (AvgIpc) is 3.30. The first-order valence-electron chi connectivity index (χ1n) is 8.43. The fourth-order valence-corrected chi connectivity index (χ4v) is 3.07. The number of aromatic nitrogens is 2. The molecule has 2 aromatic carbocycles. The van der Waals surface area contributed by atoms with Crippen LogP contribution >= 0.6 is 0 Å². The van der Waals surface area contributed by atoms with Gasteiger partial charge in [-0.25, -0.2) is 0 Å². The third-order valence-electron chi connectivity index (χ3n) is 4.51. The maximum Gasteiger partial charge on any atom is 0.257 e. The van der Waals surface area contributed by atoms with Crippen molar-refractivity contribution in [3.05, 3.63) is 71.5 Å². The van der Waals surface area contributed by atoms with E-state index in [1.807, 2.05) is 49.4 Å². The molecule has 0 aliphatic heterocycles. The van der Waals surface area contributed by atoms with Gasteiger partial charge in [0.05, 0.1) is 6.54 Å². The molecule has 4 rings (SSSR count). The number of nitrogens with zero attached hydrogens (tertiary/aromatic N) is 2. The predicted octanol–water partition coefficient (Wildman–Crippen LogP) is 3.46. The lowest BCUT2D eigenvalue weighted by atomic mass is 10.1. The second-order valence-corrected chi connectivity index (χ2v) is 6.46. The lowest BCUT2D eigenvalue weighted by Crippen LogP contribution is -2.25. The highest BCUT2D eigenvalue weighted by molar-refractivity contribution is 5.82. The maximum absolute atomic E-state index is 12.3. The number of hydrogen-bond donors (Lipinski definition) is 1. The van der Waals surface area contributed by atoms with Crippen molar-refractivity contribution in [1.29, 1.82) is 0 Å². The van der Waals surface area contributed by atoms with E-state index < -0.39 is 0 Å². The third-order valence-corrected chi connectivity index (χ3v) is 4.51. The summed E-state index contributed by atoms with van der Waals surface area (Å²) in [6.45, 7) is 2.30. The highest BCUT2D eigenvalue weighted by Crippen LogP contribution is 2.47. The summed E-state index contributed by atoms with van der Waals surface area (Å²) in [5.41, 5.74) is 3.24. The van der Waals surface area contributed by atoms with E-state index in [4.69, 9.17) is 4.52 Å². The van der Waals surface area contributed by atoms with E-state index in [-0.39, 0.29) is 18.4 Å². The van der Waals surface area contributed by atoms with Gasteiger partial charge in [0.1, 0.15) is 0 Å². The Morgan fingerprint density at radius 1 is 1.20 bits per heavy atom. The average molecular weight is 333 g/mol. The minimum Gasteiger partial charge on any atom is -0.348 e. The molecule has 1 aromatic heterocycles. The van der Waals surface area contributed by atoms with Gasteiger partial charge in [0.15, 0.2) is 5.82 Å². The van der Waals surface area contributed by atoms with Gasteiger partial charge in [-0.3, -0.25) is 4.79 Å². The van der Waals surface area contributed by atoms with Crippen LogP contribution in [0.4, 0.5) is 0 Å². The summed E-state index contributed by atoms with van der Waals surface area (Å²) in [6, 6.07) is 18.0. The van der Waals surface area contributed by atoms with Crippen molar-refractivity contribution in [3.63, 3.8) is 0 Å². The zero-order chi connectivity index (χ0) is 17.2. The Balaban J connectivity index is 1.34. The van der Waals surface area contributed by atoms with Crippen molar-refractivity contribution in [2.45, 2.75) is 25.8 Å². The number of carbonyl (C=O) groups is 1. The first-order chi connectivity index (χ1) is 12.2. The monoisotopic (exact) mass is 333 g/mol. The number of nitrogens with one attached hydrogen (secondary N) is 1. The topological polar surface area (TPSA) is 68.0 Å². The Morgan fingerprint density at radius 3 is 2.84 bits per heavy atom. The largest absolute Gasteiger partial charge is 0.348 e. The maximum atomic E-state index is 12.3. The standard InChI is InChI=1S/C20H19N3O2/c1-13-6-5-9-15(10-13)20-22-18(23-25-20)12-21-19(24)17-11-16(17)14-7-3-2-4-8-14/h2-10,16-17H,11-12H2,1H3,(H,21,24)/t16-,17+/m0/s1. The van der Waals surface area contributed by atoms with Crippen LogP contribution in [0.5, 0.6) is 0 Å². The quantitative estimate of drug-likeness (QED) is 0.776. The van der Waals surface area contributed by atoms with Crippen LogP contribution in [0.1, 0.15) is 29.3 Å². The summed E-state index contributed by atoms with van der Waals surface area (Å²) in [5, 5.41) is 6.86. The summed E-state index contributed by atoms with van der Waals surface area (Å²) in [4.78, 5) is 16.6. The fraction of sp³-hybridized carbons (Fsp3) is 0.250. The zero-order valence-corrected chi connectivity index (χ0v) is 14.0. The molecule has 1 fully saturated rings. The van der Waals surface area contributed by atoms with Gasteiger partial charge in [-0.2, -0.15) is 4.98 Å². The lowest BCUT2D eigenvalue weighted by Gasteiger charge is -2.02. The number of amides is 1. The zero-order valence-electron chi connectivity index (χ0n) is 14.0. The normalized spacial score (nSPS) is 18.8. The van der Waals surface area contributed by atoms with Crippen molar-refractivity contribution >= 4 is 5.91 Å². The van der Waals surface area contributed by atoms with Crippen LogP contribution in [0, 0.1) is 12.8 Å². The van der Waals surface area contributed by atoms with E-state index in [9.17, 15) is 4.79 Å². The van der Waals surface area contributed by atoms with Crippen LogP contribution < -0.4 is 5.32 Å². The molecular weight excluding hydrogens is 314 g/mol. The van der Waals surface area contributed by atoms with Gasteiger partial charge in [-0.15, -0.1) is 0 Å². The van der Waals surface area contributed by atoms with Gasteiger partial charge in [0, 0.05) is 11.5 Å². The molecule has 1 aliphatic carbocycles. The Hall–Kier alpha value is -2.95. The molecule has 3 aromatic rings. The molecule has 25 heavy (non-hydrogen) atoms. The summed E-state index contributed by atoms with van der Waals surface area (Å²) in [7, 11) is 0. The second-order valence-electron chi connectivity index (χ2n) is 6.46. The minimum absolute atomic E-state index is 0.0468. The van der Waals surface area contributed by atoms with Gasteiger partial charge in [0.25, 0.3) is 5.89 Å². The lowest BCUT2D eigenvalue weighted by molar-refractivity contribution is -0.122. The summed E-state index contributed by atoms with van der Waals surface area (Å²) < 4.78 is 5.29. The Morgan fingerprint density at radius 2 is 2.04 bits per heavy atom. The molecule has 5 nitrogen and oxygen atoms in total. The van der Waals surface area contributed by atoms with Gasteiger partial charge in [0.2, 0.25) is 5.91 Å². The molecule has 5 heteroatoms. The van der Waals surface area contributed by atoms with Gasteiger partial charge < -0.3 is 9.84 Å². The molecule has 0 radical (unpaired) electrons. The van der Waals surface area contributed by atoms with Crippen molar-refractivity contribution in [2.24, 2.45) is 5.92 Å². The Kier molecular flexibility index (Phi) is 4.06. The number of rotatable bonds is 5. The molecule has 1 aliphatic rings. The van der Waals surface area contributed by atoms with Gasteiger partial charge in [-0.05, 0) is 37.0 Å². The number of hydrogen-bond acceptors (Lipinski definition) is 4. The van der Waals surface area contributed by atoms with Crippen molar-refractivity contribution in [3.8, 4) is 11.5 Å². The number of aryl methyl sites for hydroxylation is 1. The molecule has 0 unspecified atom stereocenters. The van der Waals surface area contributed by atoms with E-state index in [1.165, 1.54) is 5.56 Å². The van der Waals surface area contributed by atoms with Gasteiger partial charge in [-0.1, -0.05) is 53.2 Å². The smallest absolute Gasteiger partial charge is 0.257 e. The van der Waals surface area contributed by atoms with Crippen LogP contribution in [0.3, 0.4) is 0 Å². The van der Waals surface area contributed by atoms with Crippen molar-refractivity contribution in [1.82, 2.24) is 15.5 Å². The number of benzene rings is 2. The van der Waals surface area contributed by atoms with Crippen LogP contribution in [-0.2, 0) is 11.3 Å². The SMILES string of the molecule is Cc1cccc(-c2nc(CNC(=O)[C@@H]3C[C@H]3c3ccccc3)no2)c1. The van der Waals surface area contributed by atoms with Crippen LogP contribution in [0.15, 0.2) is 59.1 Å². The fourth-order valence-electron chi connectivity index (χ4n) is 3.07. The molecule has 1 heterocycles. The van der Waals surface area contributed by atoms with Crippen molar-refractivity contribution in [2.75, 3.05) is 0 Å². The van der Waals surface area contributed by atoms with Crippen LogP contribution in [0.25, 0.3) is 11.5 Å². The van der Waals surface area contributed by atoms with E-state index in [0.29, 0.717) is 17.6 Å². The van der Waals surface area contributed by atoms with Gasteiger partial charge >= 0.3 is 0 Å². The molecule has 1 amide bonds. The first kappa shape index (κ1) is 15.6.